The molecule has 21 heavy (non-hydrogen) atoms. The Morgan fingerprint density at radius 2 is 2.14 bits per heavy atom. The van der Waals surface area contributed by atoms with Crippen LogP contribution in [0.3, 0.4) is 0 Å². The first-order valence-electron chi connectivity index (χ1n) is 7.38. The van der Waals surface area contributed by atoms with Gasteiger partial charge in [-0.2, -0.15) is 0 Å². The van der Waals surface area contributed by atoms with Gasteiger partial charge in [0.25, 0.3) is 0 Å². The molecule has 2 aliphatic rings. The molecule has 5 heteroatoms. The van der Waals surface area contributed by atoms with Crippen molar-refractivity contribution in [1.82, 2.24) is 10.2 Å². The minimum absolute atomic E-state index is 0.00449. The van der Waals surface area contributed by atoms with Crippen LogP contribution in [0.1, 0.15) is 28.8 Å². The maximum Gasteiger partial charge on any atom is 0.234 e. The number of nitrogens with one attached hydrogen (secondary N) is 1. The van der Waals surface area contributed by atoms with Crippen LogP contribution < -0.4 is 10.1 Å². The minimum atomic E-state index is -0.00449. The third-order valence-corrected chi connectivity index (χ3v) is 3.78. The van der Waals surface area contributed by atoms with Crippen molar-refractivity contribution < 1.29 is 14.3 Å². The molecule has 1 aliphatic heterocycles. The highest BCUT2D eigenvalue weighted by atomic mass is 16.5. The summed E-state index contributed by atoms with van der Waals surface area (Å²) >= 11 is 0. The van der Waals surface area contributed by atoms with Crippen LogP contribution in [0.25, 0.3) is 0 Å². The summed E-state index contributed by atoms with van der Waals surface area (Å²) in [6.07, 6.45) is 3.01. The summed E-state index contributed by atoms with van der Waals surface area (Å²) in [5.74, 6) is 0.908. The van der Waals surface area contributed by atoms with Gasteiger partial charge in [0.15, 0.2) is 5.78 Å². The van der Waals surface area contributed by atoms with Crippen LogP contribution >= 0.6 is 0 Å². The average molecular weight is 288 g/mol. The van der Waals surface area contributed by atoms with Crippen LogP contribution in [0.15, 0.2) is 18.2 Å². The second-order valence-electron chi connectivity index (χ2n) is 5.86. The number of nitrogens with zero attached hydrogens (tertiary/aromatic N) is 1. The molecule has 0 radical (unpaired) electrons. The zero-order valence-electron chi connectivity index (χ0n) is 12.2. The molecule has 0 unspecified atom stereocenters. The van der Waals surface area contributed by atoms with Gasteiger partial charge < -0.3 is 10.1 Å². The quantitative estimate of drug-likeness (QED) is 0.794. The molecule has 5 nitrogen and oxygen atoms in total. The SMILES string of the molecule is CN(CC(=O)NC1CC1)CC(=O)c1ccc2c(c1)CCO2. The Kier molecular flexibility index (Phi) is 3.92. The van der Waals surface area contributed by atoms with Gasteiger partial charge >= 0.3 is 0 Å². The number of hydrogen-bond acceptors (Lipinski definition) is 4. The summed E-state index contributed by atoms with van der Waals surface area (Å²) < 4.78 is 5.44. The normalized spacial score (nSPS) is 16.5. The lowest BCUT2D eigenvalue weighted by molar-refractivity contribution is -0.121. The summed E-state index contributed by atoms with van der Waals surface area (Å²) in [6, 6.07) is 5.92. The van der Waals surface area contributed by atoms with Gasteiger partial charge in [0, 0.05) is 18.0 Å². The van der Waals surface area contributed by atoms with E-state index in [0.717, 1.165) is 30.6 Å². The molecule has 1 heterocycles. The average Bonchev–Trinajstić information content (AvgIpc) is 3.12. The third kappa shape index (κ3) is 3.61. The molecule has 3 rings (SSSR count). The molecule has 0 spiro atoms. The Labute approximate surface area is 124 Å². The van der Waals surface area contributed by atoms with Crippen molar-refractivity contribution >= 4 is 11.7 Å². The number of hydrogen-bond donors (Lipinski definition) is 1. The highest BCUT2D eigenvalue weighted by Gasteiger charge is 2.24. The fraction of sp³-hybridized carbons (Fsp3) is 0.500. The van der Waals surface area contributed by atoms with Crippen LogP contribution in [-0.4, -0.2) is 49.4 Å². The van der Waals surface area contributed by atoms with E-state index in [4.69, 9.17) is 4.74 Å². The van der Waals surface area contributed by atoms with E-state index in [1.807, 2.05) is 12.1 Å². The molecule has 0 atom stereocenters. The molecule has 0 saturated heterocycles. The van der Waals surface area contributed by atoms with Crippen molar-refractivity contribution in [3.63, 3.8) is 0 Å². The van der Waals surface area contributed by atoms with E-state index in [1.54, 1.807) is 18.0 Å². The first-order valence-corrected chi connectivity index (χ1v) is 7.38. The van der Waals surface area contributed by atoms with E-state index >= 15 is 0 Å². The van der Waals surface area contributed by atoms with Crippen molar-refractivity contribution in [3.05, 3.63) is 29.3 Å². The number of benzene rings is 1. The van der Waals surface area contributed by atoms with Gasteiger partial charge in [-0.1, -0.05) is 0 Å². The summed E-state index contributed by atoms with van der Waals surface area (Å²) in [4.78, 5) is 25.7. The standard InChI is InChI=1S/C16H20N2O3/c1-18(10-16(20)17-13-3-4-13)9-14(19)11-2-5-15-12(8-11)6-7-21-15/h2,5,8,13H,3-4,6-7,9-10H2,1H3,(H,17,20). The third-order valence-electron chi connectivity index (χ3n) is 3.78. The fourth-order valence-electron chi connectivity index (χ4n) is 2.50. The highest BCUT2D eigenvalue weighted by molar-refractivity contribution is 5.98. The van der Waals surface area contributed by atoms with E-state index in [9.17, 15) is 9.59 Å². The van der Waals surface area contributed by atoms with Crippen LogP contribution in [0.5, 0.6) is 5.75 Å². The van der Waals surface area contributed by atoms with Crippen molar-refractivity contribution in [3.8, 4) is 5.75 Å². The predicted octanol–water partition coefficient (Wildman–Crippen LogP) is 1.01. The minimum Gasteiger partial charge on any atom is -0.493 e. The fourth-order valence-corrected chi connectivity index (χ4v) is 2.50. The second-order valence-corrected chi connectivity index (χ2v) is 5.86. The molecule has 1 N–H and O–H groups in total. The number of ether oxygens (including phenoxy) is 1. The molecule has 1 aromatic rings. The summed E-state index contributed by atoms with van der Waals surface area (Å²) in [6.45, 7) is 1.20. The van der Waals surface area contributed by atoms with E-state index in [1.165, 1.54) is 0 Å². The second kappa shape index (κ2) is 5.85. The van der Waals surface area contributed by atoms with Gasteiger partial charge in [-0.05, 0) is 43.7 Å². The van der Waals surface area contributed by atoms with Gasteiger partial charge in [-0.15, -0.1) is 0 Å². The Hall–Kier alpha value is -1.88. The van der Waals surface area contributed by atoms with E-state index in [-0.39, 0.29) is 24.8 Å². The number of rotatable bonds is 6. The maximum absolute atomic E-state index is 12.3. The number of carbonyl (C=O) groups is 2. The highest BCUT2D eigenvalue weighted by Crippen LogP contribution is 2.26. The molecular formula is C16H20N2O3. The summed E-state index contributed by atoms with van der Waals surface area (Å²) in [5.41, 5.74) is 1.78. The lowest BCUT2D eigenvalue weighted by Gasteiger charge is -2.15. The molecule has 1 aliphatic carbocycles. The number of fused-ring (bicyclic) bond motifs is 1. The van der Waals surface area contributed by atoms with Gasteiger partial charge in [0.05, 0.1) is 19.7 Å². The number of carbonyl (C=O) groups excluding carboxylic acids is 2. The van der Waals surface area contributed by atoms with E-state index < -0.39 is 0 Å². The molecule has 1 saturated carbocycles. The van der Waals surface area contributed by atoms with Crippen LogP contribution in [-0.2, 0) is 11.2 Å². The van der Waals surface area contributed by atoms with Crippen molar-refractivity contribution in [2.24, 2.45) is 0 Å². The largest absolute Gasteiger partial charge is 0.493 e. The van der Waals surface area contributed by atoms with Crippen LogP contribution in [0.2, 0.25) is 0 Å². The lowest BCUT2D eigenvalue weighted by atomic mass is 10.1. The van der Waals surface area contributed by atoms with Gasteiger partial charge in [-0.25, -0.2) is 0 Å². The van der Waals surface area contributed by atoms with Crippen molar-refractivity contribution in [2.45, 2.75) is 25.3 Å². The van der Waals surface area contributed by atoms with Gasteiger partial charge in [0.2, 0.25) is 5.91 Å². The number of Topliss-reactive ketones (excluding diaryl/α,β-unsaturated/α-hetero) is 1. The van der Waals surface area contributed by atoms with Crippen LogP contribution in [0, 0.1) is 0 Å². The number of likely N-dealkylation sites (N-methyl/N-ethyl adjacent to an activating group) is 1. The van der Waals surface area contributed by atoms with Crippen LogP contribution in [0.4, 0.5) is 0 Å². The topological polar surface area (TPSA) is 58.6 Å². The monoisotopic (exact) mass is 288 g/mol. The van der Waals surface area contributed by atoms with E-state index in [2.05, 4.69) is 5.32 Å². The molecular weight excluding hydrogens is 268 g/mol. The van der Waals surface area contributed by atoms with Gasteiger partial charge in [0.1, 0.15) is 5.75 Å². The first-order chi connectivity index (χ1) is 10.1. The maximum atomic E-state index is 12.3. The van der Waals surface area contributed by atoms with Gasteiger partial charge in [-0.3, -0.25) is 14.5 Å². The summed E-state index contributed by atoms with van der Waals surface area (Å²) in [7, 11) is 1.79. The zero-order chi connectivity index (χ0) is 14.8. The Bertz CT molecular complexity index is 567. The molecule has 112 valence electrons. The predicted molar refractivity (Wildman–Crippen MR) is 78.6 cm³/mol. The zero-order valence-corrected chi connectivity index (χ0v) is 12.2. The molecule has 0 bridgehead atoms. The molecule has 1 aromatic carbocycles. The molecule has 1 fully saturated rings. The number of ketones is 1. The number of amides is 1. The van der Waals surface area contributed by atoms with Crippen molar-refractivity contribution in [1.29, 1.82) is 0 Å². The van der Waals surface area contributed by atoms with E-state index in [0.29, 0.717) is 18.2 Å². The smallest absolute Gasteiger partial charge is 0.234 e. The Morgan fingerprint density at radius 3 is 2.90 bits per heavy atom. The Morgan fingerprint density at radius 1 is 1.33 bits per heavy atom. The summed E-state index contributed by atoms with van der Waals surface area (Å²) in [5, 5.41) is 2.92. The Balaban J connectivity index is 1.53. The molecule has 0 aromatic heterocycles. The lowest BCUT2D eigenvalue weighted by Crippen LogP contribution is -2.38. The van der Waals surface area contributed by atoms with Crippen molar-refractivity contribution in [2.75, 3.05) is 26.7 Å². The first kappa shape index (κ1) is 14.1. The molecule has 1 amide bonds.